The van der Waals surface area contributed by atoms with Crippen LogP contribution in [-0.2, 0) is 22.8 Å². The number of carboxylic acid groups (broad SMARTS) is 1. The number of thioether (sulfide) groups is 1. The molecule has 23 heavy (non-hydrogen) atoms. The zero-order chi connectivity index (χ0) is 17.8. The molecule has 6 nitrogen and oxygen atoms in total. The van der Waals surface area contributed by atoms with E-state index in [1.807, 2.05) is 6.92 Å². The van der Waals surface area contributed by atoms with Gasteiger partial charge in [0.2, 0.25) is 5.82 Å². The van der Waals surface area contributed by atoms with Crippen LogP contribution in [0.1, 0.15) is 23.1 Å². The molecule has 2 aromatic rings. The number of benzene rings is 1. The van der Waals surface area contributed by atoms with E-state index in [-0.39, 0.29) is 22.7 Å². The first kappa shape index (κ1) is 18.7. The Morgan fingerprint density at radius 1 is 1.39 bits per heavy atom. The highest BCUT2D eigenvalue weighted by Crippen LogP contribution is 2.33. The normalized spacial score (nSPS) is 10.8. The first-order valence-electron chi connectivity index (χ1n) is 6.10. The Balaban J connectivity index is 0.000000816. The number of rotatable bonds is 3. The average molecular weight is 348 g/mol. The number of carbonyl (C=O) groups is 1. The number of carbonyl (C=O) groups excluding carboxylic acids is 2. The van der Waals surface area contributed by atoms with Crippen LogP contribution in [0.2, 0.25) is 0 Å². The largest absolute Gasteiger partial charge is 0.478 e. The topological polar surface area (TPSA) is 89.3 Å². The number of hydrogen-bond donors (Lipinski definition) is 1. The minimum Gasteiger partial charge on any atom is -0.478 e. The summed E-state index contributed by atoms with van der Waals surface area (Å²) in [4.78, 5) is 31.3. The third-order valence-electron chi connectivity index (χ3n) is 2.77. The number of nitrogens with zero attached hydrogens (tertiary/aromatic N) is 2. The molecule has 1 aromatic heterocycles. The minimum absolute atomic E-state index is 0.0256. The minimum atomic E-state index is -4.57. The summed E-state index contributed by atoms with van der Waals surface area (Å²) in [5.41, 5.74) is 0.257. The zero-order valence-electron chi connectivity index (χ0n) is 12.0. The summed E-state index contributed by atoms with van der Waals surface area (Å²) in [6, 6.07) is 2.63. The molecular weight excluding hydrogens is 337 g/mol. The third kappa shape index (κ3) is 4.11. The Bertz CT molecular complexity index is 765. The predicted octanol–water partition coefficient (Wildman–Crippen LogP) is 2.82. The second-order valence-corrected chi connectivity index (χ2v) is 5.46. The first-order valence-corrected chi connectivity index (χ1v) is 7.08. The molecule has 0 radical (unpaired) electrons. The summed E-state index contributed by atoms with van der Waals surface area (Å²) in [5.74, 6) is -1.60. The van der Waals surface area contributed by atoms with E-state index in [9.17, 15) is 18.0 Å². The number of aromatic carboxylic acids is 1. The molecule has 0 unspecified atom stereocenters. The number of fused-ring (bicyclic) bond motifs is 1. The molecule has 1 heterocycles. The van der Waals surface area contributed by atoms with E-state index in [2.05, 4.69) is 4.98 Å². The number of carboxylic acids is 1. The molecule has 1 aromatic carbocycles. The Hall–Kier alpha value is -2.32. The van der Waals surface area contributed by atoms with Gasteiger partial charge in [0, 0.05) is 11.9 Å². The number of aromatic nitrogens is 2. The third-order valence-corrected chi connectivity index (χ3v) is 3.70. The van der Waals surface area contributed by atoms with E-state index in [1.165, 1.54) is 30.9 Å². The van der Waals surface area contributed by atoms with Crippen molar-refractivity contribution in [1.29, 1.82) is 0 Å². The van der Waals surface area contributed by atoms with Gasteiger partial charge in [-0.1, -0.05) is 6.92 Å². The lowest BCUT2D eigenvalue weighted by molar-refractivity contribution is -0.191. The Morgan fingerprint density at radius 2 is 1.96 bits per heavy atom. The number of imidazole rings is 1. The van der Waals surface area contributed by atoms with Crippen molar-refractivity contribution in [2.45, 2.75) is 18.0 Å². The van der Waals surface area contributed by atoms with Gasteiger partial charge in [-0.3, -0.25) is 0 Å². The van der Waals surface area contributed by atoms with Gasteiger partial charge in [0.1, 0.15) is 0 Å². The fraction of sp³-hybridized carbons (Fsp3) is 0.308. The highest BCUT2D eigenvalue weighted by atomic mass is 32.2. The lowest BCUT2D eigenvalue weighted by Gasteiger charge is -2.07. The number of aryl methyl sites for hydroxylation is 1. The SMILES string of the molecule is CCSc1cc2c(cc1C(=O)O)nc(C(F)(F)F)n2C.O=C=O. The first-order chi connectivity index (χ1) is 10.7. The summed E-state index contributed by atoms with van der Waals surface area (Å²) in [5, 5.41) is 9.12. The van der Waals surface area contributed by atoms with Gasteiger partial charge in [-0.15, -0.1) is 11.8 Å². The fourth-order valence-electron chi connectivity index (χ4n) is 1.91. The molecule has 0 amide bonds. The smallest absolute Gasteiger partial charge is 0.449 e. The van der Waals surface area contributed by atoms with Gasteiger partial charge in [0.15, 0.2) is 0 Å². The molecular formula is C13H11F3N2O4S. The van der Waals surface area contributed by atoms with Crippen molar-refractivity contribution >= 4 is 34.9 Å². The molecule has 0 fully saturated rings. The van der Waals surface area contributed by atoms with Crippen molar-refractivity contribution in [3.8, 4) is 0 Å². The van der Waals surface area contributed by atoms with Gasteiger partial charge in [-0.25, -0.2) is 9.78 Å². The summed E-state index contributed by atoms with van der Waals surface area (Å²) < 4.78 is 39.3. The number of alkyl halides is 3. The molecule has 0 saturated carbocycles. The summed E-state index contributed by atoms with van der Waals surface area (Å²) in [6.45, 7) is 1.84. The molecule has 0 saturated heterocycles. The average Bonchev–Trinajstić information content (AvgIpc) is 2.76. The second-order valence-electron chi connectivity index (χ2n) is 4.15. The Labute approximate surface area is 132 Å². The van der Waals surface area contributed by atoms with Gasteiger partial charge >= 0.3 is 18.3 Å². The molecule has 0 aliphatic heterocycles. The van der Waals surface area contributed by atoms with E-state index < -0.39 is 18.0 Å². The van der Waals surface area contributed by atoms with Crippen molar-refractivity contribution in [3.05, 3.63) is 23.5 Å². The molecule has 0 aliphatic rings. The summed E-state index contributed by atoms with van der Waals surface area (Å²) >= 11 is 1.27. The van der Waals surface area contributed by atoms with Crippen molar-refractivity contribution in [2.24, 2.45) is 7.05 Å². The molecule has 0 aliphatic carbocycles. The lowest BCUT2D eigenvalue weighted by Crippen LogP contribution is -2.12. The Morgan fingerprint density at radius 3 is 2.39 bits per heavy atom. The van der Waals surface area contributed by atoms with Gasteiger partial charge < -0.3 is 9.67 Å². The maximum absolute atomic E-state index is 12.8. The van der Waals surface area contributed by atoms with Crippen LogP contribution >= 0.6 is 11.8 Å². The van der Waals surface area contributed by atoms with Crippen LogP contribution in [0.4, 0.5) is 13.2 Å². The quantitative estimate of drug-likeness (QED) is 0.858. The predicted molar refractivity (Wildman–Crippen MR) is 74.1 cm³/mol. The van der Waals surface area contributed by atoms with E-state index in [1.54, 1.807) is 0 Å². The van der Waals surface area contributed by atoms with E-state index in [4.69, 9.17) is 14.7 Å². The van der Waals surface area contributed by atoms with Crippen molar-refractivity contribution in [2.75, 3.05) is 5.75 Å². The highest BCUT2D eigenvalue weighted by molar-refractivity contribution is 7.99. The van der Waals surface area contributed by atoms with E-state index in [0.717, 1.165) is 4.57 Å². The summed E-state index contributed by atoms with van der Waals surface area (Å²) in [6.07, 6.45) is -4.32. The molecule has 0 spiro atoms. The lowest BCUT2D eigenvalue weighted by atomic mass is 10.2. The highest BCUT2D eigenvalue weighted by Gasteiger charge is 2.37. The van der Waals surface area contributed by atoms with Gasteiger partial charge in [0.25, 0.3) is 0 Å². The van der Waals surface area contributed by atoms with Crippen LogP contribution in [0, 0.1) is 0 Å². The van der Waals surface area contributed by atoms with Crippen molar-refractivity contribution in [3.63, 3.8) is 0 Å². The van der Waals surface area contributed by atoms with Crippen LogP contribution in [-0.4, -0.2) is 32.5 Å². The monoisotopic (exact) mass is 348 g/mol. The van der Waals surface area contributed by atoms with Crippen LogP contribution in [0.15, 0.2) is 17.0 Å². The van der Waals surface area contributed by atoms with Gasteiger partial charge in [0.05, 0.1) is 16.6 Å². The maximum Gasteiger partial charge on any atom is 0.449 e. The fourth-order valence-corrected chi connectivity index (χ4v) is 2.72. The molecule has 2 rings (SSSR count). The molecule has 1 N–H and O–H groups in total. The molecule has 0 atom stereocenters. The summed E-state index contributed by atoms with van der Waals surface area (Å²) in [7, 11) is 1.26. The second kappa shape index (κ2) is 7.30. The van der Waals surface area contributed by atoms with Gasteiger partial charge in [-0.2, -0.15) is 22.8 Å². The Kier molecular flexibility index (Phi) is 5.94. The standard InChI is InChI=1S/C12H11F3N2O2S.CO2/c1-3-20-9-5-8-7(4-6(9)10(18)19)16-11(17(8)2)12(13,14)15;2-1-3/h4-5H,3H2,1-2H3,(H,18,19);. The maximum atomic E-state index is 12.8. The molecule has 10 heteroatoms. The molecule has 0 bridgehead atoms. The van der Waals surface area contributed by atoms with Crippen molar-refractivity contribution < 1.29 is 32.7 Å². The molecule has 124 valence electrons. The number of hydrogen-bond acceptors (Lipinski definition) is 5. The van der Waals surface area contributed by atoms with E-state index in [0.29, 0.717) is 10.6 Å². The van der Waals surface area contributed by atoms with E-state index >= 15 is 0 Å². The van der Waals surface area contributed by atoms with Crippen LogP contribution in [0.5, 0.6) is 0 Å². The van der Waals surface area contributed by atoms with Crippen LogP contribution in [0.3, 0.4) is 0 Å². The zero-order valence-corrected chi connectivity index (χ0v) is 12.8. The van der Waals surface area contributed by atoms with Crippen LogP contribution < -0.4 is 0 Å². The van der Waals surface area contributed by atoms with Gasteiger partial charge in [-0.05, 0) is 17.9 Å². The van der Waals surface area contributed by atoms with Crippen LogP contribution in [0.25, 0.3) is 11.0 Å². The van der Waals surface area contributed by atoms with Crippen molar-refractivity contribution in [1.82, 2.24) is 9.55 Å². The number of halogens is 3.